The Morgan fingerprint density at radius 3 is 2.86 bits per heavy atom. The van der Waals surface area contributed by atoms with Crippen molar-refractivity contribution in [3.63, 3.8) is 0 Å². The van der Waals surface area contributed by atoms with Crippen molar-refractivity contribution in [3.05, 3.63) is 29.8 Å². The second kappa shape index (κ2) is 6.25. The first kappa shape index (κ1) is 14.8. The van der Waals surface area contributed by atoms with E-state index in [1.807, 2.05) is 25.1 Å². The minimum atomic E-state index is -0.646. The van der Waals surface area contributed by atoms with Crippen LogP contribution in [0.15, 0.2) is 24.3 Å². The van der Waals surface area contributed by atoms with Gasteiger partial charge >= 0.3 is 12.0 Å². The normalized spacial score (nSPS) is 17.9. The number of carbonyl (C=O) groups is 3. The number of rotatable bonds is 2. The van der Waals surface area contributed by atoms with Crippen molar-refractivity contribution in [1.82, 2.24) is 10.4 Å². The minimum absolute atomic E-state index is 0.0148. The number of urea groups is 1. The first-order valence-corrected chi connectivity index (χ1v) is 6.52. The fourth-order valence-electron chi connectivity index (χ4n) is 2.12. The summed E-state index contributed by atoms with van der Waals surface area (Å²) < 4.78 is 4.62. The van der Waals surface area contributed by atoms with E-state index in [0.717, 1.165) is 10.6 Å². The fraction of sp³-hybridized carbons (Fsp3) is 0.357. The molecule has 0 aliphatic carbocycles. The highest BCUT2D eigenvalue weighted by atomic mass is 16.5. The molecule has 1 aromatic rings. The molecule has 0 bridgehead atoms. The van der Waals surface area contributed by atoms with Crippen molar-refractivity contribution in [2.75, 3.05) is 19.0 Å². The maximum absolute atomic E-state index is 12.1. The molecule has 3 amide bonds. The monoisotopic (exact) mass is 291 g/mol. The number of ether oxygens (including phenoxy) is 1. The summed E-state index contributed by atoms with van der Waals surface area (Å²) in [7, 11) is 1.26. The molecule has 1 heterocycles. The second-order valence-electron chi connectivity index (χ2n) is 4.87. The Morgan fingerprint density at radius 2 is 2.19 bits per heavy atom. The Morgan fingerprint density at radius 1 is 1.43 bits per heavy atom. The molecular weight excluding hydrogens is 274 g/mol. The van der Waals surface area contributed by atoms with Crippen LogP contribution in [0.25, 0.3) is 0 Å². The number of carbonyl (C=O) groups excluding carboxylic acids is 3. The molecule has 0 radical (unpaired) electrons. The molecular formula is C14H17N3O4. The smallest absolute Gasteiger partial charge is 0.340 e. The fourth-order valence-corrected chi connectivity index (χ4v) is 2.12. The average Bonchev–Trinajstić information content (AvgIpc) is 2.45. The Labute approximate surface area is 122 Å². The number of aryl methyl sites for hydroxylation is 1. The molecule has 7 nitrogen and oxygen atoms in total. The lowest BCUT2D eigenvalue weighted by atomic mass is 10.0. The molecule has 2 N–H and O–H groups in total. The lowest BCUT2D eigenvalue weighted by Crippen LogP contribution is -2.56. The molecule has 1 aliphatic heterocycles. The zero-order valence-electron chi connectivity index (χ0n) is 11.9. The molecule has 2 rings (SSSR count). The zero-order chi connectivity index (χ0) is 15.4. The lowest BCUT2D eigenvalue weighted by molar-refractivity contribution is -0.151. The number of hydrogen-bond acceptors (Lipinski definition) is 4. The van der Waals surface area contributed by atoms with E-state index >= 15 is 0 Å². The summed E-state index contributed by atoms with van der Waals surface area (Å²) in [5.41, 5.74) is 4.06. The van der Waals surface area contributed by atoms with Crippen molar-refractivity contribution < 1.29 is 19.1 Å². The number of methoxy groups -OCH3 is 1. The van der Waals surface area contributed by atoms with Crippen LogP contribution in [0.4, 0.5) is 10.5 Å². The SMILES string of the molecule is COC(=O)C1CC(=O)NN(C(=O)Nc2cccc(C)c2)C1. The molecule has 112 valence electrons. The van der Waals surface area contributed by atoms with E-state index in [0.29, 0.717) is 5.69 Å². The Hall–Kier alpha value is -2.57. The van der Waals surface area contributed by atoms with Crippen LogP contribution in [0.1, 0.15) is 12.0 Å². The molecule has 1 unspecified atom stereocenters. The van der Waals surface area contributed by atoms with E-state index < -0.39 is 23.8 Å². The summed E-state index contributed by atoms with van der Waals surface area (Å²) >= 11 is 0. The minimum Gasteiger partial charge on any atom is -0.469 e. The van der Waals surface area contributed by atoms with Crippen LogP contribution in [0, 0.1) is 12.8 Å². The Balaban J connectivity index is 2.04. The molecule has 1 atom stereocenters. The Bertz CT molecular complexity index is 573. The van der Waals surface area contributed by atoms with Crippen molar-refractivity contribution in [1.29, 1.82) is 0 Å². The summed E-state index contributed by atoms with van der Waals surface area (Å²) in [6, 6.07) is 6.78. The van der Waals surface area contributed by atoms with E-state index in [9.17, 15) is 14.4 Å². The van der Waals surface area contributed by atoms with Gasteiger partial charge < -0.3 is 10.1 Å². The van der Waals surface area contributed by atoms with Crippen molar-refractivity contribution >= 4 is 23.6 Å². The van der Waals surface area contributed by atoms with Gasteiger partial charge in [-0.25, -0.2) is 9.80 Å². The van der Waals surface area contributed by atoms with Crippen LogP contribution < -0.4 is 10.7 Å². The number of hydrogen-bond donors (Lipinski definition) is 2. The number of anilines is 1. The largest absolute Gasteiger partial charge is 0.469 e. The van der Waals surface area contributed by atoms with Gasteiger partial charge in [-0.1, -0.05) is 12.1 Å². The van der Waals surface area contributed by atoms with Gasteiger partial charge in [-0.05, 0) is 24.6 Å². The van der Waals surface area contributed by atoms with Crippen molar-refractivity contribution in [3.8, 4) is 0 Å². The number of benzene rings is 1. The first-order valence-electron chi connectivity index (χ1n) is 6.52. The molecule has 0 saturated carbocycles. The lowest BCUT2D eigenvalue weighted by Gasteiger charge is -2.31. The molecule has 0 aromatic heterocycles. The molecule has 7 heteroatoms. The summed E-state index contributed by atoms with van der Waals surface area (Å²) in [4.78, 5) is 35.2. The Kier molecular flexibility index (Phi) is 4.42. The zero-order valence-corrected chi connectivity index (χ0v) is 11.9. The highest BCUT2D eigenvalue weighted by Gasteiger charge is 2.33. The van der Waals surface area contributed by atoms with Crippen LogP contribution in [0.2, 0.25) is 0 Å². The third-order valence-corrected chi connectivity index (χ3v) is 3.14. The van der Waals surface area contributed by atoms with E-state index in [1.165, 1.54) is 7.11 Å². The summed E-state index contributed by atoms with van der Waals surface area (Å²) in [6.45, 7) is 1.99. The van der Waals surface area contributed by atoms with Gasteiger partial charge in [-0.2, -0.15) is 0 Å². The molecule has 1 fully saturated rings. The number of esters is 1. The number of nitrogens with one attached hydrogen (secondary N) is 2. The van der Waals surface area contributed by atoms with Gasteiger partial charge in [0.25, 0.3) is 0 Å². The standard InChI is InChI=1S/C14H17N3O4/c1-9-4-3-5-11(6-9)15-14(20)17-8-10(13(19)21-2)7-12(18)16-17/h3-6,10H,7-8H2,1-2H3,(H,15,20)(H,16,18). The van der Waals surface area contributed by atoms with Gasteiger partial charge in [0.05, 0.1) is 19.6 Å². The van der Waals surface area contributed by atoms with E-state index in [4.69, 9.17) is 0 Å². The third kappa shape index (κ3) is 3.71. The van der Waals surface area contributed by atoms with Gasteiger partial charge in [0.2, 0.25) is 5.91 Å². The third-order valence-electron chi connectivity index (χ3n) is 3.14. The van der Waals surface area contributed by atoms with Crippen LogP contribution in [-0.4, -0.2) is 36.6 Å². The van der Waals surface area contributed by atoms with Gasteiger partial charge in [0, 0.05) is 12.1 Å². The quantitative estimate of drug-likeness (QED) is 0.797. The van der Waals surface area contributed by atoms with Crippen molar-refractivity contribution in [2.45, 2.75) is 13.3 Å². The topological polar surface area (TPSA) is 87.7 Å². The summed E-state index contributed by atoms with van der Waals surface area (Å²) in [6.07, 6.45) is 0.0148. The number of nitrogens with zero attached hydrogens (tertiary/aromatic N) is 1. The van der Waals surface area contributed by atoms with E-state index in [-0.39, 0.29) is 13.0 Å². The van der Waals surface area contributed by atoms with E-state index in [2.05, 4.69) is 15.5 Å². The van der Waals surface area contributed by atoms with Gasteiger partial charge in [0.1, 0.15) is 0 Å². The summed E-state index contributed by atoms with van der Waals surface area (Å²) in [5.74, 6) is -1.54. The number of hydrazine groups is 1. The van der Waals surface area contributed by atoms with Crippen molar-refractivity contribution in [2.24, 2.45) is 5.92 Å². The molecule has 1 aliphatic rings. The van der Waals surface area contributed by atoms with Gasteiger partial charge in [-0.3, -0.25) is 15.0 Å². The van der Waals surface area contributed by atoms with Gasteiger partial charge in [0.15, 0.2) is 0 Å². The maximum Gasteiger partial charge on any atom is 0.340 e. The molecule has 1 saturated heterocycles. The van der Waals surface area contributed by atoms with Crippen LogP contribution in [-0.2, 0) is 14.3 Å². The first-order chi connectivity index (χ1) is 9.99. The average molecular weight is 291 g/mol. The highest BCUT2D eigenvalue weighted by molar-refractivity contribution is 5.93. The highest BCUT2D eigenvalue weighted by Crippen LogP contribution is 2.15. The molecule has 21 heavy (non-hydrogen) atoms. The number of amides is 3. The maximum atomic E-state index is 12.1. The predicted molar refractivity (Wildman–Crippen MR) is 75.2 cm³/mol. The van der Waals surface area contributed by atoms with Crippen LogP contribution in [0.5, 0.6) is 0 Å². The second-order valence-corrected chi connectivity index (χ2v) is 4.87. The predicted octanol–water partition coefficient (Wildman–Crippen LogP) is 1.05. The molecule has 1 aromatic carbocycles. The summed E-state index contributed by atoms with van der Waals surface area (Å²) in [5, 5.41) is 3.76. The molecule has 0 spiro atoms. The van der Waals surface area contributed by atoms with Crippen LogP contribution >= 0.6 is 0 Å². The van der Waals surface area contributed by atoms with Crippen LogP contribution in [0.3, 0.4) is 0 Å². The van der Waals surface area contributed by atoms with E-state index in [1.54, 1.807) is 6.07 Å². The van der Waals surface area contributed by atoms with Gasteiger partial charge in [-0.15, -0.1) is 0 Å².